The standard InChI is InChI=1S/C24H22Cl2N2O3S/c1-32-15-14-21(28-23(29)18-6-2-3-7-19(18)25)24(30)27-16-10-12-17(13-11-16)31-22-9-5-4-8-20(22)26/h2-13,21H,14-15H2,1H3,(H,27,30)(H,28,29)/t21-/m0/s1. The zero-order chi connectivity index (χ0) is 22.9. The van der Waals surface area contributed by atoms with E-state index in [4.69, 9.17) is 27.9 Å². The molecule has 1 atom stereocenters. The lowest BCUT2D eigenvalue weighted by atomic mass is 10.1. The maximum atomic E-state index is 12.9. The molecule has 3 aromatic rings. The topological polar surface area (TPSA) is 67.4 Å². The molecule has 0 saturated carbocycles. The first-order valence-corrected chi connectivity index (χ1v) is 12.0. The molecule has 8 heteroatoms. The van der Waals surface area contributed by atoms with E-state index in [0.717, 1.165) is 0 Å². The van der Waals surface area contributed by atoms with Gasteiger partial charge in [0.05, 0.1) is 15.6 Å². The lowest BCUT2D eigenvalue weighted by Crippen LogP contribution is -2.44. The molecule has 3 aromatic carbocycles. The predicted molar refractivity (Wildman–Crippen MR) is 132 cm³/mol. The molecule has 32 heavy (non-hydrogen) atoms. The first-order valence-electron chi connectivity index (χ1n) is 9.85. The van der Waals surface area contributed by atoms with E-state index in [9.17, 15) is 9.59 Å². The molecular formula is C24H22Cl2N2O3S. The van der Waals surface area contributed by atoms with Crippen molar-refractivity contribution in [2.75, 3.05) is 17.3 Å². The van der Waals surface area contributed by atoms with Crippen LogP contribution in [0.2, 0.25) is 10.0 Å². The molecule has 5 nitrogen and oxygen atoms in total. The molecule has 0 aliphatic heterocycles. The van der Waals surface area contributed by atoms with E-state index in [0.29, 0.717) is 45.0 Å². The molecule has 0 spiro atoms. The highest BCUT2D eigenvalue weighted by Gasteiger charge is 2.22. The molecule has 0 saturated heterocycles. The minimum absolute atomic E-state index is 0.306. The minimum Gasteiger partial charge on any atom is -0.456 e. The van der Waals surface area contributed by atoms with Gasteiger partial charge in [-0.2, -0.15) is 11.8 Å². The average Bonchev–Trinajstić information content (AvgIpc) is 2.79. The first kappa shape index (κ1) is 24.0. The summed E-state index contributed by atoms with van der Waals surface area (Å²) in [5.74, 6) is 1.15. The Labute approximate surface area is 201 Å². The van der Waals surface area contributed by atoms with E-state index in [2.05, 4.69) is 10.6 Å². The zero-order valence-electron chi connectivity index (χ0n) is 17.3. The molecule has 166 valence electrons. The number of rotatable bonds is 9. The molecular weight excluding hydrogens is 467 g/mol. The Morgan fingerprint density at radius 1 is 0.938 bits per heavy atom. The van der Waals surface area contributed by atoms with Gasteiger partial charge in [-0.15, -0.1) is 0 Å². The number of hydrogen-bond acceptors (Lipinski definition) is 4. The van der Waals surface area contributed by atoms with Crippen molar-refractivity contribution in [3.63, 3.8) is 0 Å². The van der Waals surface area contributed by atoms with Crippen LogP contribution in [0.4, 0.5) is 5.69 Å². The molecule has 0 aliphatic rings. The summed E-state index contributed by atoms with van der Waals surface area (Å²) in [5.41, 5.74) is 0.917. The van der Waals surface area contributed by atoms with Gasteiger partial charge in [-0.3, -0.25) is 9.59 Å². The van der Waals surface area contributed by atoms with Gasteiger partial charge >= 0.3 is 0 Å². The summed E-state index contributed by atoms with van der Waals surface area (Å²) in [4.78, 5) is 25.5. The quantitative estimate of drug-likeness (QED) is 0.372. The van der Waals surface area contributed by atoms with Gasteiger partial charge in [0, 0.05) is 5.69 Å². The van der Waals surface area contributed by atoms with E-state index in [1.807, 2.05) is 18.4 Å². The number of anilines is 1. The maximum absolute atomic E-state index is 12.9. The van der Waals surface area contributed by atoms with Gasteiger partial charge in [-0.25, -0.2) is 0 Å². The lowest BCUT2D eigenvalue weighted by Gasteiger charge is -2.19. The Balaban J connectivity index is 1.65. The summed E-state index contributed by atoms with van der Waals surface area (Å²) >= 11 is 13.8. The third kappa shape index (κ3) is 6.66. The fraction of sp³-hybridized carbons (Fsp3) is 0.167. The number of amides is 2. The van der Waals surface area contributed by atoms with Gasteiger partial charge in [-0.05, 0) is 67.0 Å². The van der Waals surface area contributed by atoms with E-state index in [1.165, 1.54) is 0 Å². The number of carbonyl (C=O) groups is 2. The van der Waals surface area contributed by atoms with Crippen LogP contribution >= 0.6 is 35.0 Å². The van der Waals surface area contributed by atoms with E-state index < -0.39 is 6.04 Å². The molecule has 0 heterocycles. The van der Waals surface area contributed by atoms with Crippen LogP contribution in [0, 0.1) is 0 Å². The van der Waals surface area contributed by atoms with Crippen molar-refractivity contribution in [2.45, 2.75) is 12.5 Å². The summed E-state index contributed by atoms with van der Waals surface area (Å²) in [6.07, 6.45) is 2.43. The number of para-hydroxylation sites is 1. The van der Waals surface area contributed by atoms with Crippen LogP contribution in [0.1, 0.15) is 16.8 Å². The van der Waals surface area contributed by atoms with Gasteiger partial charge in [-0.1, -0.05) is 47.5 Å². The van der Waals surface area contributed by atoms with Crippen LogP contribution in [0.3, 0.4) is 0 Å². The summed E-state index contributed by atoms with van der Waals surface area (Å²) in [6, 6.07) is 20.1. The van der Waals surface area contributed by atoms with E-state index in [-0.39, 0.29) is 11.8 Å². The van der Waals surface area contributed by atoms with Crippen molar-refractivity contribution in [2.24, 2.45) is 0 Å². The Morgan fingerprint density at radius 2 is 1.59 bits per heavy atom. The third-order valence-electron chi connectivity index (χ3n) is 4.54. The molecule has 0 aliphatic carbocycles. The molecule has 0 unspecified atom stereocenters. The lowest BCUT2D eigenvalue weighted by molar-refractivity contribution is -0.118. The van der Waals surface area contributed by atoms with Crippen molar-refractivity contribution in [3.8, 4) is 11.5 Å². The molecule has 2 N–H and O–H groups in total. The zero-order valence-corrected chi connectivity index (χ0v) is 19.6. The highest BCUT2D eigenvalue weighted by molar-refractivity contribution is 7.98. The second kappa shape index (κ2) is 11.8. The van der Waals surface area contributed by atoms with Crippen molar-refractivity contribution in [1.82, 2.24) is 5.32 Å². The smallest absolute Gasteiger partial charge is 0.253 e. The molecule has 0 radical (unpaired) electrons. The molecule has 2 amide bonds. The number of hydrogen-bond donors (Lipinski definition) is 2. The highest BCUT2D eigenvalue weighted by Crippen LogP contribution is 2.29. The van der Waals surface area contributed by atoms with E-state index in [1.54, 1.807) is 72.4 Å². The van der Waals surface area contributed by atoms with Crippen LogP contribution < -0.4 is 15.4 Å². The highest BCUT2D eigenvalue weighted by atomic mass is 35.5. The first-order chi connectivity index (χ1) is 15.5. The summed E-state index contributed by atoms with van der Waals surface area (Å²) in [7, 11) is 0. The number of carbonyl (C=O) groups excluding carboxylic acids is 2. The van der Waals surface area contributed by atoms with Crippen molar-refractivity contribution >= 4 is 52.5 Å². The predicted octanol–water partition coefficient (Wildman–Crippen LogP) is 6.28. The largest absolute Gasteiger partial charge is 0.456 e. The average molecular weight is 489 g/mol. The van der Waals surface area contributed by atoms with Crippen molar-refractivity contribution < 1.29 is 14.3 Å². The fourth-order valence-corrected chi connectivity index (χ4v) is 3.74. The van der Waals surface area contributed by atoms with Gasteiger partial charge < -0.3 is 15.4 Å². The Hall–Kier alpha value is -2.67. The van der Waals surface area contributed by atoms with Crippen molar-refractivity contribution in [3.05, 3.63) is 88.4 Å². The van der Waals surface area contributed by atoms with Gasteiger partial charge in [0.15, 0.2) is 0 Å². The minimum atomic E-state index is -0.703. The second-order valence-corrected chi connectivity index (χ2v) is 8.63. The van der Waals surface area contributed by atoms with Gasteiger partial charge in [0.25, 0.3) is 5.91 Å². The molecule has 0 bridgehead atoms. The van der Waals surface area contributed by atoms with Gasteiger partial charge in [0.1, 0.15) is 17.5 Å². The molecule has 0 fully saturated rings. The molecule has 0 aromatic heterocycles. The monoisotopic (exact) mass is 488 g/mol. The van der Waals surface area contributed by atoms with E-state index >= 15 is 0 Å². The Morgan fingerprint density at radius 3 is 2.25 bits per heavy atom. The SMILES string of the molecule is CSCC[C@H](NC(=O)c1ccccc1Cl)C(=O)Nc1ccc(Oc2ccccc2Cl)cc1. The number of benzene rings is 3. The summed E-state index contributed by atoms with van der Waals surface area (Å²) < 4.78 is 5.77. The number of thioether (sulfide) groups is 1. The number of halogens is 2. The maximum Gasteiger partial charge on any atom is 0.253 e. The molecule has 3 rings (SSSR count). The van der Waals surface area contributed by atoms with Crippen LogP contribution in [-0.4, -0.2) is 29.9 Å². The van der Waals surface area contributed by atoms with Gasteiger partial charge in [0.2, 0.25) is 5.91 Å². The number of nitrogens with one attached hydrogen (secondary N) is 2. The van der Waals surface area contributed by atoms with Crippen LogP contribution in [-0.2, 0) is 4.79 Å². The normalized spacial score (nSPS) is 11.5. The fourth-order valence-electron chi connectivity index (χ4n) is 2.88. The number of ether oxygens (including phenoxy) is 1. The summed E-state index contributed by atoms with van der Waals surface area (Å²) in [6.45, 7) is 0. The van der Waals surface area contributed by atoms with Crippen LogP contribution in [0.15, 0.2) is 72.8 Å². The summed E-state index contributed by atoms with van der Waals surface area (Å²) in [5, 5.41) is 6.48. The van der Waals surface area contributed by atoms with Crippen LogP contribution in [0.5, 0.6) is 11.5 Å². The van der Waals surface area contributed by atoms with Crippen molar-refractivity contribution in [1.29, 1.82) is 0 Å². The van der Waals surface area contributed by atoms with Crippen LogP contribution in [0.25, 0.3) is 0 Å². The third-order valence-corrected chi connectivity index (χ3v) is 5.82. The Kier molecular flexibility index (Phi) is 8.85. The Bertz CT molecular complexity index is 1080. The second-order valence-electron chi connectivity index (χ2n) is 6.83.